The molecular formula is C20H33N3O2. The molecule has 25 heavy (non-hydrogen) atoms. The van der Waals surface area contributed by atoms with Crippen LogP contribution in [0.5, 0.6) is 0 Å². The van der Waals surface area contributed by atoms with Gasteiger partial charge in [-0.25, -0.2) is 4.79 Å². The molecule has 2 rings (SSSR count). The Morgan fingerprint density at radius 3 is 2.20 bits per heavy atom. The number of amides is 2. The van der Waals surface area contributed by atoms with Gasteiger partial charge in [0.25, 0.3) is 0 Å². The first-order valence-corrected chi connectivity index (χ1v) is 9.07. The van der Waals surface area contributed by atoms with Crippen LogP contribution in [-0.4, -0.2) is 62.3 Å². The van der Waals surface area contributed by atoms with E-state index in [1.54, 1.807) is 0 Å². The van der Waals surface area contributed by atoms with Crippen LogP contribution in [0.3, 0.4) is 0 Å². The van der Waals surface area contributed by atoms with Crippen LogP contribution < -0.4 is 5.32 Å². The van der Waals surface area contributed by atoms with Crippen molar-refractivity contribution in [3.63, 3.8) is 0 Å². The Balaban J connectivity index is 2.03. The highest BCUT2D eigenvalue weighted by atomic mass is 16.5. The van der Waals surface area contributed by atoms with Crippen molar-refractivity contribution < 1.29 is 9.53 Å². The highest BCUT2D eigenvalue weighted by Gasteiger charge is 2.24. The third-order valence-electron chi connectivity index (χ3n) is 5.57. The Morgan fingerprint density at radius 2 is 1.64 bits per heavy atom. The first-order valence-electron chi connectivity index (χ1n) is 9.07. The fraction of sp³-hybridized carbons (Fsp3) is 0.650. The molecule has 1 atom stereocenters. The molecule has 0 radical (unpaired) electrons. The summed E-state index contributed by atoms with van der Waals surface area (Å²) < 4.78 is 5.75. The van der Waals surface area contributed by atoms with Crippen molar-refractivity contribution in [3.8, 4) is 0 Å². The Morgan fingerprint density at radius 1 is 1.08 bits per heavy atom. The number of rotatable bonds is 4. The molecule has 5 heteroatoms. The zero-order chi connectivity index (χ0) is 18.7. The van der Waals surface area contributed by atoms with Crippen LogP contribution in [0, 0.1) is 34.6 Å². The molecule has 2 amide bonds. The van der Waals surface area contributed by atoms with Gasteiger partial charge in [0.05, 0.1) is 12.7 Å². The predicted octanol–water partition coefficient (Wildman–Crippen LogP) is 2.70. The van der Waals surface area contributed by atoms with E-state index in [1.807, 2.05) is 19.0 Å². The van der Waals surface area contributed by atoms with Crippen molar-refractivity contribution in [2.75, 3.05) is 40.3 Å². The van der Waals surface area contributed by atoms with Gasteiger partial charge in [-0.2, -0.15) is 0 Å². The molecule has 0 aromatic heterocycles. The highest BCUT2D eigenvalue weighted by Crippen LogP contribution is 2.25. The Kier molecular flexibility index (Phi) is 6.47. The molecule has 140 valence electrons. The largest absolute Gasteiger partial charge is 0.373 e. The number of likely N-dealkylation sites (N-methyl/N-ethyl adjacent to an activating group) is 1. The fourth-order valence-electron chi connectivity index (χ4n) is 3.54. The van der Waals surface area contributed by atoms with Crippen LogP contribution in [-0.2, 0) is 11.3 Å². The molecule has 0 spiro atoms. The molecule has 0 bridgehead atoms. The molecule has 5 nitrogen and oxygen atoms in total. The first-order chi connectivity index (χ1) is 11.7. The van der Waals surface area contributed by atoms with E-state index in [9.17, 15) is 4.79 Å². The minimum Gasteiger partial charge on any atom is -0.373 e. The second-order valence-corrected chi connectivity index (χ2v) is 7.46. The van der Waals surface area contributed by atoms with Crippen molar-refractivity contribution in [1.82, 2.24) is 15.1 Å². The molecule has 1 heterocycles. The summed E-state index contributed by atoms with van der Waals surface area (Å²) in [7, 11) is 4.05. The number of ether oxygens (including phenoxy) is 1. The number of morpholine rings is 1. The lowest BCUT2D eigenvalue weighted by Crippen LogP contribution is -2.51. The van der Waals surface area contributed by atoms with Crippen molar-refractivity contribution in [1.29, 1.82) is 0 Å². The van der Waals surface area contributed by atoms with Crippen LogP contribution in [0.15, 0.2) is 0 Å². The van der Waals surface area contributed by atoms with E-state index in [4.69, 9.17) is 4.74 Å². The second kappa shape index (κ2) is 8.19. The summed E-state index contributed by atoms with van der Waals surface area (Å²) >= 11 is 0. The van der Waals surface area contributed by atoms with Gasteiger partial charge in [-0.3, -0.25) is 0 Å². The molecule has 1 fully saturated rings. The van der Waals surface area contributed by atoms with Crippen molar-refractivity contribution in [2.45, 2.75) is 47.3 Å². The van der Waals surface area contributed by atoms with Crippen LogP contribution in [0.25, 0.3) is 0 Å². The second-order valence-electron chi connectivity index (χ2n) is 7.46. The van der Waals surface area contributed by atoms with Gasteiger partial charge in [-0.15, -0.1) is 0 Å². The summed E-state index contributed by atoms with van der Waals surface area (Å²) in [6.45, 7) is 14.1. The summed E-state index contributed by atoms with van der Waals surface area (Å²) in [5.41, 5.74) is 7.81. The number of benzene rings is 1. The average molecular weight is 348 g/mol. The summed E-state index contributed by atoms with van der Waals surface area (Å²) in [5, 5.41) is 3.12. The number of nitrogens with one attached hydrogen (secondary N) is 1. The van der Waals surface area contributed by atoms with Gasteiger partial charge in [-0.1, -0.05) is 0 Å². The highest BCUT2D eigenvalue weighted by molar-refractivity contribution is 5.74. The van der Waals surface area contributed by atoms with Crippen LogP contribution >= 0.6 is 0 Å². The molecular weight excluding hydrogens is 314 g/mol. The molecule has 1 N–H and O–H groups in total. The summed E-state index contributed by atoms with van der Waals surface area (Å²) in [4.78, 5) is 16.6. The minimum atomic E-state index is 0.00161. The van der Waals surface area contributed by atoms with Gasteiger partial charge >= 0.3 is 6.03 Å². The van der Waals surface area contributed by atoms with E-state index in [0.29, 0.717) is 26.2 Å². The third kappa shape index (κ3) is 4.53. The Bertz CT molecular complexity index is 611. The quantitative estimate of drug-likeness (QED) is 0.911. The van der Waals surface area contributed by atoms with Gasteiger partial charge in [0, 0.05) is 26.2 Å². The topological polar surface area (TPSA) is 44.8 Å². The maximum atomic E-state index is 12.6. The van der Waals surface area contributed by atoms with E-state index in [1.165, 1.54) is 33.4 Å². The number of hydrogen-bond acceptors (Lipinski definition) is 3. The number of urea groups is 1. The number of carbonyl (C=O) groups excluding carboxylic acids is 1. The average Bonchev–Trinajstić information content (AvgIpc) is 2.57. The first kappa shape index (κ1) is 19.7. The predicted molar refractivity (Wildman–Crippen MR) is 102 cm³/mol. The minimum absolute atomic E-state index is 0.00161. The van der Waals surface area contributed by atoms with Gasteiger partial charge in [0.2, 0.25) is 0 Å². The summed E-state index contributed by atoms with van der Waals surface area (Å²) in [6.07, 6.45) is 0.0850. The van der Waals surface area contributed by atoms with E-state index in [-0.39, 0.29) is 12.1 Å². The number of hydrogen-bond donors (Lipinski definition) is 1. The van der Waals surface area contributed by atoms with E-state index in [2.05, 4.69) is 44.8 Å². The SMILES string of the molecule is Cc1c(C)c(C)c(CNC(=O)N2CCO[C@H](CN(C)C)C2)c(C)c1C. The molecule has 0 saturated carbocycles. The maximum Gasteiger partial charge on any atom is 0.317 e. The standard InChI is InChI=1S/C20H33N3O2/c1-13-14(2)16(4)19(17(5)15(13)3)10-21-20(24)23-8-9-25-18(12-23)11-22(6)7/h18H,8-12H2,1-7H3,(H,21,24)/t18-/m1/s1. The van der Waals surface area contributed by atoms with E-state index in [0.717, 1.165) is 6.54 Å². The third-order valence-corrected chi connectivity index (χ3v) is 5.57. The summed E-state index contributed by atoms with van der Waals surface area (Å²) in [5.74, 6) is 0. The molecule has 0 unspecified atom stereocenters. The zero-order valence-corrected chi connectivity index (χ0v) is 16.8. The van der Waals surface area contributed by atoms with Crippen LogP contribution in [0.1, 0.15) is 33.4 Å². The van der Waals surface area contributed by atoms with E-state index >= 15 is 0 Å². The van der Waals surface area contributed by atoms with Gasteiger partial charge in [-0.05, 0) is 82.1 Å². The Labute approximate surface area is 152 Å². The van der Waals surface area contributed by atoms with Crippen molar-refractivity contribution in [3.05, 3.63) is 33.4 Å². The van der Waals surface area contributed by atoms with Crippen LogP contribution in [0.2, 0.25) is 0 Å². The normalized spacial score (nSPS) is 17.9. The van der Waals surface area contributed by atoms with Gasteiger partial charge in [0.15, 0.2) is 0 Å². The van der Waals surface area contributed by atoms with Gasteiger partial charge < -0.3 is 19.9 Å². The molecule has 1 saturated heterocycles. The number of nitrogens with zero attached hydrogens (tertiary/aromatic N) is 2. The Hall–Kier alpha value is -1.59. The smallest absolute Gasteiger partial charge is 0.317 e. The van der Waals surface area contributed by atoms with E-state index < -0.39 is 0 Å². The lowest BCUT2D eigenvalue weighted by molar-refractivity contribution is -0.0246. The molecule has 1 aliphatic heterocycles. The maximum absolute atomic E-state index is 12.6. The molecule has 0 aliphatic carbocycles. The van der Waals surface area contributed by atoms with Crippen LogP contribution in [0.4, 0.5) is 4.79 Å². The molecule has 1 aromatic carbocycles. The molecule has 1 aliphatic rings. The van der Waals surface area contributed by atoms with Gasteiger partial charge in [0.1, 0.15) is 0 Å². The van der Waals surface area contributed by atoms with Crippen molar-refractivity contribution >= 4 is 6.03 Å². The monoisotopic (exact) mass is 347 g/mol. The number of carbonyl (C=O) groups is 1. The molecule has 1 aromatic rings. The zero-order valence-electron chi connectivity index (χ0n) is 16.8. The lowest BCUT2D eigenvalue weighted by atomic mass is 9.89. The fourth-order valence-corrected chi connectivity index (χ4v) is 3.54. The summed E-state index contributed by atoms with van der Waals surface area (Å²) in [6, 6.07) is 0.00161. The lowest BCUT2D eigenvalue weighted by Gasteiger charge is -2.34. The van der Waals surface area contributed by atoms with Crippen molar-refractivity contribution in [2.24, 2.45) is 0 Å².